The summed E-state index contributed by atoms with van der Waals surface area (Å²) in [5, 5.41) is 0. The highest BCUT2D eigenvalue weighted by atomic mass is 32.1. The number of ether oxygens (including phenoxy) is 2. The molecule has 4 heteroatoms. The highest BCUT2D eigenvalue weighted by Gasteiger charge is 2.13. The van der Waals surface area contributed by atoms with E-state index >= 15 is 0 Å². The standard InChI is InChI=1S/C10H12O3S/c1-3-13-10(11)7-5-4-6-8(12-2)9(7)14/h4-6,14H,3H2,1-2H3. The minimum absolute atomic E-state index is 0.350. The molecule has 0 unspecified atom stereocenters. The van der Waals surface area contributed by atoms with Gasteiger partial charge in [-0.2, -0.15) is 0 Å². The molecule has 0 spiro atoms. The average Bonchev–Trinajstić information content (AvgIpc) is 2.18. The number of thiol groups is 1. The summed E-state index contributed by atoms with van der Waals surface area (Å²) in [7, 11) is 1.53. The van der Waals surface area contributed by atoms with Crippen molar-refractivity contribution in [2.24, 2.45) is 0 Å². The Kier molecular flexibility index (Phi) is 3.83. The first-order valence-corrected chi connectivity index (χ1v) is 4.68. The lowest BCUT2D eigenvalue weighted by Crippen LogP contribution is -2.06. The van der Waals surface area contributed by atoms with Gasteiger partial charge in [0.25, 0.3) is 0 Å². The maximum atomic E-state index is 11.4. The van der Waals surface area contributed by atoms with Crippen LogP contribution >= 0.6 is 12.6 Å². The summed E-state index contributed by atoms with van der Waals surface area (Å²) in [6, 6.07) is 5.12. The van der Waals surface area contributed by atoms with Crippen molar-refractivity contribution in [2.75, 3.05) is 13.7 Å². The molecule has 0 aliphatic carbocycles. The first kappa shape index (κ1) is 10.9. The van der Waals surface area contributed by atoms with Gasteiger partial charge in [0.2, 0.25) is 0 Å². The second-order valence-electron chi connectivity index (χ2n) is 2.58. The number of esters is 1. The Morgan fingerprint density at radius 3 is 2.79 bits per heavy atom. The largest absolute Gasteiger partial charge is 0.496 e. The van der Waals surface area contributed by atoms with Crippen molar-refractivity contribution in [1.29, 1.82) is 0 Å². The van der Waals surface area contributed by atoms with Crippen LogP contribution in [0.25, 0.3) is 0 Å². The van der Waals surface area contributed by atoms with Crippen molar-refractivity contribution in [2.45, 2.75) is 11.8 Å². The van der Waals surface area contributed by atoms with E-state index in [-0.39, 0.29) is 5.97 Å². The Morgan fingerprint density at radius 2 is 2.21 bits per heavy atom. The zero-order valence-corrected chi connectivity index (χ0v) is 9.01. The Balaban J connectivity index is 3.03. The Hall–Kier alpha value is -1.16. The molecule has 0 aromatic heterocycles. The van der Waals surface area contributed by atoms with E-state index in [1.807, 2.05) is 0 Å². The number of rotatable bonds is 3. The quantitative estimate of drug-likeness (QED) is 0.616. The van der Waals surface area contributed by atoms with E-state index in [0.29, 0.717) is 22.8 Å². The summed E-state index contributed by atoms with van der Waals surface area (Å²) >= 11 is 4.20. The van der Waals surface area contributed by atoms with Gasteiger partial charge in [0.15, 0.2) is 0 Å². The van der Waals surface area contributed by atoms with E-state index in [9.17, 15) is 4.79 Å². The summed E-state index contributed by atoms with van der Waals surface area (Å²) in [4.78, 5) is 11.9. The van der Waals surface area contributed by atoms with Crippen LogP contribution in [0.5, 0.6) is 5.75 Å². The maximum Gasteiger partial charge on any atom is 0.339 e. The molecule has 1 aromatic rings. The second-order valence-corrected chi connectivity index (χ2v) is 3.02. The number of carbonyl (C=O) groups is 1. The fraction of sp³-hybridized carbons (Fsp3) is 0.300. The fourth-order valence-corrected chi connectivity index (χ4v) is 1.39. The lowest BCUT2D eigenvalue weighted by Gasteiger charge is -2.08. The van der Waals surface area contributed by atoms with Crippen molar-refractivity contribution in [3.63, 3.8) is 0 Å². The Labute approximate surface area is 88.4 Å². The summed E-state index contributed by atoms with van der Waals surface area (Å²) in [5.74, 6) is 0.190. The maximum absolute atomic E-state index is 11.4. The number of benzene rings is 1. The van der Waals surface area contributed by atoms with Gasteiger partial charge in [-0.15, -0.1) is 12.6 Å². The van der Waals surface area contributed by atoms with Crippen molar-refractivity contribution in [3.05, 3.63) is 23.8 Å². The molecule has 0 aliphatic heterocycles. The third-order valence-electron chi connectivity index (χ3n) is 1.71. The van der Waals surface area contributed by atoms with E-state index in [1.165, 1.54) is 7.11 Å². The van der Waals surface area contributed by atoms with Crippen LogP contribution < -0.4 is 4.74 Å². The molecule has 0 bridgehead atoms. The third-order valence-corrected chi connectivity index (χ3v) is 2.18. The molecule has 1 rings (SSSR count). The molecular weight excluding hydrogens is 200 g/mol. The van der Waals surface area contributed by atoms with Crippen LogP contribution in [-0.4, -0.2) is 19.7 Å². The SMILES string of the molecule is CCOC(=O)c1cccc(OC)c1S. The van der Waals surface area contributed by atoms with Crippen LogP contribution in [0, 0.1) is 0 Å². The molecule has 0 heterocycles. The molecule has 0 N–H and O–H groups in total. The van der Waals surface area contributed by atoms with E-state index in [2.05, 4.69) is 12.6 Å². The van der Waals surface area contributed by atoms with Crippen LogP contribution in [0.4, 0.5) is 0 Å². The van der Waals surface area contributed by atoms with Crippen LogP contribution in [0.3, 0.4) is 0 Å². The van der Waals surface area contributed by atoms with Crippen LogP contribution in [0.2, 0.25) is 0 Å². The minimum Gasteiger partial charge on any atom is -0.496 e. The van der Waals surface area contributed by atoms with Crippen molar-refractivity contribution >= 4 is 18.6 Å². The van der Waals surface area contributed by atoms with Gasteiger partial charge in [-0.1, -0.05) is 6.07 Å². The highest BCUT2D eigenvalue weighted by Crippen LogP contribution is 2.26. The molecular formula is C10H12O3S. The van der Waals surface area contributed by atoms with Gasteiger partial charge >= 0.3 is 5.97 Å². The Morgan fingerprint density at radius 1 is 1.50 bits per heavy atom. The average molecular weight is 212 g/mol. The zero-order chi connectivity index (χ0) is 10.6. The summed E-state index contributed by atoms with van der Waals surface area (Å²) in [5.41, 5.74) is 0.425. The van der Waals surface area contributed by atoms with E-state index in [1.54, 1.807) is 25.1 Å². The summed E-state index contributed by atoms with van der Waals surface area (Å²) < 4.78 is 9.89. The molecule has 0 aliphatic rings. The Bertz CT molecular complexity index is 336. The number of methoxy groups -OCH3 is 1. The molecule has 14 heavy (non-hydrogen) atoms. The van der Waals surface area contributed by atoms with Gasteiger partial charge < -0.3 is 9.47 Å². The van der Waals surface area contributed by atoms with Crippen LogP contribution in [-0.2, 0) is 4.74 Å². The van der Waals surface area contributed by atoms with Crippen molar-refractivity contribution < 1.29 is 14.3 Å². The van der Waals surface area contributed by atoms with Gasteiger partial charge in [-0.05, 0) is 19.1 Å². The van der Waals surface area contributed by atoms with E-state index in [4.69, 9.17) is 9.47 Å². The van der Waals surface area contributed by atoms with Crippen molar-refractivity contribution in [3.8, 4) is 5.75 Å². The smallest absolute Gasteiger partial charge is 0.339 e. The highest BCUT2D eigenvalue weighted by molar-refractivity contribution is 7.80. The van der Waals surface area contributed by atoms with Gasteiger partial charge in [0, 0.05) is 0 Å². The second kappa shape index (κ2) is 4.91. The van der Waals surface area contributed by atoms with Gasteiger partial charge in [0.05, 0.1) is 24.2 Å². The molecule has 0 radical (unpaired) electrons. The van der Waals surface area contributed by atoms with Gasteiger partial charge in [-0.25, -0.2) is 4.79 Å². The monoisotopic (exact) mass is 212 g/mol. The van der Waals surface area contributed by atoms with E-state index < -0.39 is 0 Å². The lowest BCUT2D eigenvalue weighted by molar-refractivity contribution is 0.0521. The molecule has 0 saturated carbocycles. The topological polar surface area (TPSA) is 35.5 Å². The van der Waals surface area contributed by atoms with Crippen LogP contribution in [0.15, 0.2) is 23.1 Å². The molecule has 0 atom stereocenters. The fourth-order valence-electron chi connectivity index (χ4n) is 1.06. The predicted octanol–water partition coefficient (Wildman–Crippen LogP) is 2.16. The van der Waals surface area contributed by atoms with E-state index in [0.717, 1.165) is 0 Å². The van der Waals surface area contributed by atoms with Crippen molar-refractivity contribution in [1.82, 2.24) is 0 Å². The first-order chi connectivity index (χ1) is 6.70. The molecule has 3 nitrogen and oxygen atoms in total. The normalized spacial score (nSPS) is 9.64. The zero-order valence-electron chi connectivity index (χ0n) is 8.11. The number of carbonyl (C=O) groups excluding carboxylic acids is 1. The number of hydrogen-bond donors (Lipinski definition) is 1. The summed E-state index contributed by atoms with van der Waals surface area (Å²) in [6.45, 7) is 2.11. The van der Waals surface area contributed by atoms with Gasteiger partial charge in [0.1, 0.15) is 5.75 Å². The molecule has 0 fully saturated rings. The molecule has 1 aromatic carbocycles. The first-order valence-electron chi connectivity index (χ1n) is 4.23. The molecule has 0 amide bonds. The summed E-state index contributed by atoms with van der Waals surface area (Å²) in [6.07, 6.45) is 0. The third kappa shape index (κ3) is 2.20. The van der Waals surface area contributed by atoms with Crippen LogP contribution in [0.1, 0.15) is 17.3 Å². The molecule has 76 valence electrons. The predicted molar refractivity (Wildman–Crippen MR) is 56.2 cm³/mol. The minimum atomic E-state index is -0.378. The molecule has 0 saturated heterocycles. The van der Waals surface area contributed by atoms with Gasteiger partial charge in [-0.3, -0.25) is 0 Å². The lowest BCUT2D eigenvalue weighted by atomic mass is 10.2. The number of hydrogen-bond acceptors (Lipinski definition) is 4.